The number of anilines is 1. The van der Waals surface area contributed by atoms with E-state index in [1.54, 1.807) is 0 Å². The average Bonchev–Trinajstić information content (AvgIpc) is 2.76. The summed E-state index contributed by atoms with van der Waals surface area (Å²) in [6.07, 6.45) is 1.91. The lowest BCUT2D eigenvalue weighted by Crippen LogP contribution is -2.25. The molecule has 1 aromatic heterocycles. The summed E-state index contributed by atoms with van der Waals surface area (Å²) in [6, 6.07) is 4.32. The maximum Gasteiger partial charge on any atom is 0.0400 e. The van der Waals surface area contributed by atoms with Crippen LogP contribution in [0.1, 0.15) is 5.69 Å². The first-order valence-corrected chi connectivity index (χ1v) is 5.71. The van der Waals surface area contributed by atoms with Gasteiger partial charge in [-0.1, -0.05) is 0 Å². The molecule has 0 bridgehead atoms. The normalized spacial score (nSPS) is 29.5. The van der Waals surface area contributed by atoms with Gasteiger partial charge in [0, 0.05) is 43.8 Å². The van der Waals surface area contributed by atoms with Crippen molar-refractivity contribution >= 4 is 5.69 Å². The van der Waals surface area contributed by atoms with Gasteiger partial charge >= 0.3 is 0 Å². The van der Waals surface area contributed by atoms with Gasteiger partial charge in [0.15, 0.2) is 0 Å². The van der Waals surface area contributed by atoms with Crippen molar-refractivity contribution in [2.24, 2.45) is 11.8 Å². The molecule has 2 saturated heterocycles. The van der Waals surface area contributed by atoms with E-state index in [1.807, 2.05) is 6.20 Å². The van der Waals surface area contributed by atoms with Crippen molar-refractivity contribution in [2.45, 2.75) is 6.92 Å². The molecule has 2 unspecified atom stereocenters. The van der Waals surface area contributed by atoms with E-state index >= 15 is 0 Å². The van der Waals surface area contributed by atoms with Gasteiger partial charge in [0.05, 0.1) is 0 Å². The van der Waals surface area contributed by atoms with Gasteiger partial charge in [-0.2, -0.15) is 0 Å². The molecule has 0 aliphatic carbocycles. The van der Waals surface area contributed by atoms with Gasteiger partial charge in [-0.3, -0.25) is 4.98 Å². The molecule has 0 aromatic carbocycles. The van der Waals surface area contributed by atoms with Crippen LogP contribution in [0.4, 0.5) is 5.69 Å². The average molecular weight is 203 g/mol. The van der Waals surface area contributed by atoms with Crippen molar-refractivity contribution in [3.63, 3.8) is 0 Å². The molecule has 2 aliphatic rings. The topological polar surface area (TPSA) is 28.2 Å². The van der Waals surface area contributed by atoms with Crippen LogP contribution in [-0.4, -0.2) is 31.2 Å². The Bertz CT molecular complexity index is 352. The van der Waals surface area contributed by atoms with E-state index in [9.17, 15) is 0 Å². The fourth-order valence-corrected chi connectivity index (χ4v) is 2.79. The molecule has 3 rings (SSSR count). The van der Waals surface area contributed by atoms with E-state index in [2.05, 4.69) is 34.3 Å². The highest BCUT2D eigenvalue weighted by atomic mass is 15.2. The monoisotopic (exact) mass is 203 g/mol. The second-order valence-corrected chi connectivity index (χ2v) is 4.74. The molecule has 3 nitrogen and oxygen atoms in total. The third-order valence-electron chi connectivity index (χ3n) is 3.63. The minimum atomic E-state index is 0.860. The van der Waals surface area contributed by atoms with E-state index < -0.39 is 0 Å². The molecule has 2 fully saturated rings. The third kappa shape index (κ3) is 1.61. The smallest absolute Gasteiger partial charge is 0.0400 e. The Morgan fingerprint density at radius 2 is 2.07 bits per heavy atom. The number of nitrogens with one attached hydrogen (secondary N) is 1. The van der Waals surface area contributed by atoms with Crippen molar-refractivity contribution in [3.05, 3.63) is 24.0 Å². The predicted octanol–water partition coefficient (Wildman–Crippen LogP) is 1.05. The maximum atomic E-state index is 4.24. The van der Waals surface area contributed by atoms with Crippen LogP contribution in [0.2, 0.25) is 0 Å². The summed E-state index contributed by atoms with van der Waals surface area (Å²) in [5.41, 5.74) is 2.46. The summed E-state index contributed by atoms with van der Waals surface area (Å²) in [5, 5.41) is 3.47. The van der Waals surface area contributed by atoms with Crippen LogP contribution < -0.4 is 10.2 Å². The zero-order valence-corrected chi connectivity index (χ0v) is 9.11. The minimum Gasteiger partial charge on any atom is -0.371 e. The molecule has 3 heterocycles. The second-order valence-electron chi connectivity index (χ2n) is 4.74. The summed E-state index contributed by atoms with van der Waals surface area (Å²) in [5.74, 6) is 1.72. The standard InChI is InChI=1S/C12H17N3/c1-9-4-12(2-3-14-9)15-7-10-5-13-6-11(10)8-15/h2-4,10-11,13H,5-8H2,1H3. The SMILES string of the molecule is Cc1cc(N2CC3CNCC3C2)ccn1. The number of hydrogen-bond donors (Lipinski definition) is 1. The van der Waals surface area contributed by atoms with Crippen molar-refractivity contribution in [1.82, 2.24) is 10.3 Å². The molecule has 1 N–H and O–H groups in total. The number of rotatable bonds is 1. The van der Waals surface area contributed by atoms with Crippen molar-refractivity contribution in [2.75, 3.05) is 31.1 Å². The zero-order chi connectivity index (χ0) is 10.3. The van der Waals surface area contributed by atoms with Crippen molar-refractivity contribution in [3.8, 4) is 0 Å². The van der Waals surface area contributed by atoms with Crippen molar-refractivity contribution < 1.29 is 0 Å². The Hall–Kier alpha value is -1.09. The van der Waals surface area contributed by atoms with E-state index in [-0.39, 0.29) is 0 Å². The van der Waals surface area contributed by atoms with E-state index in [4.69, 9.17) is 0 Å². The first-order chi connectivity index (χ1) is 7.33. The zero-order valence-electron chi connectivity index (χ0n) is 9.11. The van der Waals surface area contributed by atoms with Gasteiger partial charge in [-0.05, 0) is 30.9 Å². The van der Waals surface area contributed by atoms with E-state index in [0.29, 0.717) is 0 Å². The third-order valence-corrected chi connectivity index (χ3v) is 3.63. The van der Waals surface area contributed by atoms with Crippen LogP contribution in [0.3, 0.4) is 0 Å². The van der Waals surface area contributed by atoms with E-state index in [1.165, 1.54) is 31.9 Å². The molecule has 2 aliphatic heterocycles. The molecule has 2 atom stereocenters. The number of fused-ring (bicyclic) bond motifs is 1. The number of aromatic nitrogens is 1. The van der Waals surface area contributed by atoms with Gasteiger partial charge in [-0.15, -0.1) is 0 Å². The summed E-state index contributed by atoms with van der Waals surface area (Å²) < 4.78 is 0. The van der Waals surface area contributed by atoms with E-state index in [0.717, 1.165) is 17.5 Å². The number of hydrogen-bond acceptors (Lipinski definition) is 3. The van der Waals surface area contributed by atoms with Gasteiger partial charge < -0.3 is 10.2 Å². The summed E-state index contributed by atoms with van der Waals surface area (Å²) in [6.45, 7) is 6.88. The minimum absolute atomic E-state index is 0.860. The lowest BCUT2D eigenvalue weighted by atomic mass is 10.0. The Morgan fingerprint density at radius 3 is 2.73 bits per heavy atom. The van der Waals surface area contributed by atoms with Crippen LogP contribution >= 0.6 is 0 Å². The molecule has 3 heteroatoms. The number of nitrogens with zero attached hydrogens (tertiary/aromatic N) is 2. The molecule has 15 heavy (non-hydrogen) atoms. The van der Waals surface area contributed by atoms with Crippen LogP contribution in [0.15, 0.2) is 18.3 Å². The number of aryl methyl sites for hydroxylation is 1. The first-order valence-electron chi connectivity index (χ1n) is 5.71. The lowest BCUT2D eigenvalue weighted by molar-refractivity contribution is 0.533. The quantitative estimate of drug-likeness (QED) is 0.739. The molecule has 0 saturated carbocycles. The molecule has 80 valence electrons. The van der Waals surface area contributed by atoms with Gasteiger partial charge in [0.1, 0.15) is 0 Å². The molecule has 0 amide bonds. The Kier molecular flexibility index (Phi) is 2.13. The molecule has 1 aromatic rings. The largest absolute Gasteiger partial charge is 0.371 e. The fourth-order valence-electron chi connectivity index (χ4n) is 2.79. The molecule has 0 radical (unpaired) electrons. The highest BCUT2D eigenvalue weighted by Crippen LogP contribution is 2.30. The number of pyridine rings is 1. The summed E-state index contributed by atoms with van der Waals surface area (Å²) >= 11 is 0. The molecular formula is C12H17N3. The summed E-state index contributed by atoms with van der Waals surface area (Å²) in [4.78, 5) is 6.75. The summed E-state index contributed by atoms with van der Waals surface area (Å²) in [7, 11) is 0. The molecule has 0 spiro atoms. The fraction of sp³-hybridized carbons (Fsp3) is 0.583. The highest BCUT2D eigenvalue weighted by molar-refractivity contribution is 5.47. The predicted molar refractivity (Wildman–Crippen MR) is 61.0 cm³/mol. The second kappa shape index (κ2) is 3.49. The Morgan fingerprint density at radius 1 is 1.33 bits per heavy atom. The Balaban J connectivity index is 1.79. The van der Waals surface area contributed by atoms with Crippen LogP contribution in [0.5, 0.6) is 0 Å². The Labute approximate surface area is 90.5 Å². The van der Waals surface area contributed by atoms with Gasteiger partial charge in [0.25, 0.3) is 0 Å². The van der Waals surface area contributed by atoms with Gasteiger partial charge in [0.2, 0.25) is 0 Å². The van der Waals surface area contributed by atoms with Crippen LogP contribution in [-0.2, 0) is 0 Å². The van der Waals surface area contributed by atoms with Gasteiger partial charge in [-0.25, -0.2) is 0 Å². The highest BCUT2D eigenvalue weighted by Gasteiger charge is 2.35. The van der Waals surface area contributed by atoms with Crippen molar-refractivity contribution in [1.29, 1.82) is 0 Å². The maximum absolute atomic E-state index is 4.24. The lowest BCUT2D eigenvalue weighted by Gasteiger charge is -2.19. The first kappa shape index (κ1) is 9.16. The van der Waals surface area contributed by atoms with Crippen LogP contribution in [0.25, 0.3) is 0 Å². The molecular weight excluding hydrogens is 186 g/mol. The van der Waals surface area contributed by atoms with Crippen LogP contribution in [0, 0.1) is 18.8 Å².